The topological polar surface area (TPSA) is 46.5 Å². The Morgan fingerprint density at radius 2 is 1.81 bits per heavy atom. The minimum atomic E-state index is -1.71. The molecule has 3 nitrogen and oxygen atoms in total. The normalized spacial score (nSPS) is 10.6. The quantitative estimate of drug-likeness (QED) is 0.816. The van der Waals surface area contributed by atoms with Gasteiger partial charge < -0.3 is 9.84 Å². The third kappa shape index (κ3) is 1.88. The van der Waals surface area contributed by atoms with Gasteiger partial charge in [0.25, 0.3) is 0 Å². The van der Waals surface area contributed by atoms with Crippen molar-refractivity contribution in [2.45, 2.75) is 13.5 Å². The van der Waals surface area contributed by atoms with Crippen molar-refractivity contribution in [1.82, 2.24) is 0 Å². The van der Waals surface area contributed by atoms with E-state index in [-0.39, 0.29) is 0 Å². The van der Waals surface area contributed by atoms with Crippen LogP contribution in [0.4, 0.5) is 13.2 Å². The van der Waals surface area contributed by atoms with Crippen LogP contribution in [0.1, 0.15) is 21.5 Å². The van der Waals surface area contributed by atoms with Gasteiger partial charge in [0.1, 0.15) is 11.4 Å². The van der Waals surface area contributed by atoms with E-state index in [4.69, 9.17) is 5.11 Å². The zero-order valence-corrected chi connectivity index (χ0v) is 8.60. The van der Waals surface area contributed by atoms with Crippen LogP contribution in [0.25, 0.3) is 0 Å². The first-order valence-electron chi connectivity index (χ1n) is 4.30. The maximum atomic E-state index is 13.5. The van der Waals surface area contributed by atoms with Crippen LogP contribution < -0.4 is 0 Å². The number of ether oxygens (including phenoxy) is 1. The second kappa shape index (κ2) is 4.52. The highest BCUT2D eigenvalue weighted by Gasteiger charge is 2.26. The van der Waals surface area contributed by atoms with Gasteiger partial charge in [0.2, 0.25) is 0 Å². The Bertz CT molecular complexity index is 414. The molecule has 0 heterocycles. The number of carboxylic acid groups (broad SMARTS) is 1. The lowest BCUT2D eigenvalue weighted by atomic mass is 10.0. The zero-order chi connectivity index (χ0) is 12.5. The summed E-state index contributed by atoms with van der Waals surface area (Å²) in [6.45, 7) is 0.607. The van der Waals surface area contributed by atoms with Crippen LogP contribution in [0.5, 0.6) is 0 Å². The van der Waals surface area contributed by atoms with Crippen LogP contribution in [0.15, 0.2) is 0 Å². The molecule has 16 heavy (non-hydrogen) atoms. The summed E-state index contributed by atoms with van der Waals surface area (Å²) in [7, 11) is 1.19. The number of halogens is 3. The molecule has 1 aromatic rings. The molecule has 1 aromatic carbocycles. The molecule has 0 amide bonds. The minimum absolute atomic E-state index is 0.446. The number of carbonyl (C=O) groups is 1. The van der Waals surface area contributed by atoms with Gasteiger partial charge in [-0.05, 0) is 6.92 Å². The second-order valence-electron chi connectivity index (χ2n) is 3.16. The summed E-state index contributed by atoms with van der Waals surface area (Å²) in [5.41, 5.74) is -2.05. The highest BCUT2D eigenvalue weighted by atomic mass is 19.2. The number of aromatic carboxylic acids is 1. The van der Waals surface area contributed by atoms with E-state index < -0.39 is 46.7 Å². The van der Waals surface area contributed by atoms with Gasteiger partial charge in [-0.3, -0.25) is 0 Å². The maximum Gasteiger partial charge on any atom is 0.339 e. The molecule has 0 saturated heterocycles. The molecule has 0 aliphatic heterocycles. The molecular weight excluding hydrogens is 225 g/mol. The number of hydrogen-bond donors (Lipinski definition) is 1. The first-order valence-corrected chi connectivity index (χ1v) is 4.30. The molecule has 88 valence electrons. The molecule has 6 heteroatoms. The smallest absolute Gasteiger partial charge is 0.339 e. The molecule has 0 radical (unpaired) electrons. The van der Waals surface area contributed by atoms with Crippen LogP contribution in [0, 0.1) is 24.4 Å². The molecule has 0 aliphatic carbocycles. The van der Waals surface area contributed by atoms with Gasteiger partial charge >= 0.3 is 5.97 Å². The summed E-state index contributed by atoms with van der Waals surface area (Å²) in [5.74, 6) is -5.91. The summed E-state index contributed by atoms with van der Waals surface area (Å²) in [4.78, 5) is 10.6. The Labute approximate surface area is 89.5 Å². The van der Waals surface area contributed by atoms with Crippen LogP contribution in [-0.2, 0) is 11.3 Å². The van der Waals surface area contributed by atoms with E-state index in [1.165, 1.54) is 7.11 Å². The fourth-order valence-electron chi connectivity index (χ4n) is 1.36. The Hall–Kier alpha value is -1.56. The SMILES string of the molecule is COCc1c(F)c(C)c(C(=O)O)c(F)c1F. The number of carboxylic acids is 1. The molecule has 0 bridgehead atoms. The van der Waals surface area contributed by atoms with Gasteiger partial charge in [-0.1, -0.05) is 0 Å². The van der Waals surface area contributed by atoms with E-state index in [1.807, 2.05) is 0 Å². The first-order chi connectivity index (χ1) is 7.41. The molecule has 0 atom stereocenters. The Balaban J connectivity index is 3.56. The lowest BCUT2D eigenvalue weighted by Crippen LogP contribution is -2.12. The molecule has 1 rings (SSSR count). The largest absolute Gasteiger partial charge is 0.478 e. The van der Waals surface area contributed by atoms with Crippen molar-refractivity contribution in [2.75, 3.05) is 7.11 Å². The van der Waals surface area contributed by atoms with Crippen LogP contribution in [-0.4, -0.2) is 18.2 Å². The summed E-state index contributed by atoms with van der Waals surface area (Å²) >= 11 is 0. The third-order valence-corrected chi connectivity index (χ3v) is 2.15. The highest BCUT2D eigenvalue weighted by molar-refractivity contribution is 5.89. The minimum Gasteiger partial charge on any atom is -0.478 e. The van der Waals surface area contributed by atoms with Crippen molar-refractivity contribution < 1.29 is 27.8 Å². The van der Waals surface area contributed by atoms with Gasteiger partial charge in [-0.2, -0.15) is 0 Å². The van der Waals surface area contributed by atoms with E-state index in [9.17, 15) is 18.0 Å². The average molecular weight is 234 g/mol. The van der Waals surface area contributed by atoms with Gasteiger partial charge in [-0.25, -0.2) is 18.0 Å². The molecule has 0 fully saturated rings. The fourth-order valence-corrected chi connectivity index (χ4v) is 1.36. The maximum absolute atomic E-state index is 13.5. The van der Waals surface area contributed by atoms with E-state index in [1.54, 1.807) is 0 Å². The third-order valence-electron chi connectivity index (χ3n) is 2.15. The summed E-state index contributed by atoms with van der Waals surface area (Å²) in [6, 6.07) is 0. The Morgan fingerprint density at radius 3 is 2.25 bits per heavy atom. The number of methoxy groups -OCH3 is 1. The standard InChI is InChI=1S/C10H9F3O3/c1-4-6(10(14)15)9(13)8(12)5(3-16-2)7(4)11/h3H2,1-2H3,(H,14,15). The zero-order valence-electron chi connectivity index (χ0n) is 8.60. The molecule has 0 saturated carbocycles. The second-order valence-corrected chi connectivity index (χ2v) is 3.16. The molecule has 0 aromatic heterocycles. The first kappa shape index (κ1) is 12.5. The number of benzene rings is 1. The van der Waals surface area contributed by atoms with E-state index in [2.05, 4.69) is 4.74 Å². The molecular formula is C10H9F3O3. The lowest BCUT2D eigenvalue weighted by molar-refractivity contribution is 0.0688. The Kier molecular flexibility index (Phi) is 3.54. The lowest BCUT2D eigenvalue weighted by Gasteiger charge is -2.10. The van der Waals surface area contributed by atoms with Crippen LogP contribution >= 0.6 is 0 Å². The summed E-state index contributed by atoms with van der Waals surface area (Å²) in [6.07, 6.45) is 0. The van der Waals surface area contributed by atoms with Crippen LogP contribution in [0.2, 0.25) is 0 Å². The molecule has 1 N–H and O–H groups in total. The Morgan fingerprint density at radius 1 is 1.25 bits per heavy atom. The van der Waals surface area contributed by atoms with Crippen LogP contribution in [0.3, 0.4) is 0 Å². The predicted octanol–water partition coefficient (Wildman–Crippen LogP) is 2.26. The van der Waals surface area contributed by atoms with Crippen molar-refractivity contribution in [2.24, 2.45) is 0 Å². The van der Waals surface area contributed by atoms with Crippen molar-refractivity contribution in [1.29, 1.82) is 0 Å². The molecule has 0 unspecified atom stereocenters. The van der Waals surface area contributed by atoms with Gasteiger partial charge in [0.15, 0.2) is 11.6 Å². The predicted molar refractivity (Wildman–Crippen MR) is 48.7 cm³/mol. The summed E-state index contributed by atoms with van der Waals surface area (Å²) in [5, 5.41) is 8.61. The highest BCUT2D eigenvalue weighted by Crippen LogP contribution is 2.25. The number of rotatable bonds is 3. The van der Waals surface area contributed by atoms with Gasteiger partial charge in [-0.15, -0.1) is 0 Å². The fraction of sp³-hybridized carbons (Fsp3) is 0.300. The molecule has 0 spiro atoms. The van der Waals surface area contributed by atoms with Gasteiger partial charge in [0, 0.05) is 12.7 Å². The average Bonchev–Trinajstić information content (AvgIpc) is 2.21. The van der Waals surface area contributed by atoms with E-state index in [0.717, 1.165) is 6.92 Å². The molecule has 0 aliphatic rings. The van der Waals surface area contributed by atoms with E-state index >= 15 is 0 Å². The van der Waals surface area contributed by atoms with E-state index in [0.29, 0.717) is 0 Å². The number of hydrogen-bond acceptors (Lipinski definition) is 2. The van der Waals surface area contributed by atoms with Crippen molar-refractivity contribution in [3.05, 3.63) is 34.1 Å². The van der Waals surface area contributed by atoms with Gasteiger partial charge in [0.05, 0.1) is 12.2 Å². The summed E-state index contributed by atoms with van der Waals surface area (Å²) < 4.78 is 44.6. The van der Waals surface area contributed by atoms with Crippen molar-refractivity contribution >= 4 is 5.97 Å². The monoisotopic (exact) mass is 234 g/mol. The van der Waals surface area contributed by atoms with Crippen molar-refractivity contribution in [3.63, 3.8) is 0 Å². The van der Waals surface area contributed by atoms with Crippen molar-refractivity contribution in [3.8, 4) is 0 Å².